The van der Waals surface area contributed by atoms with Crippen molar-refractivity contribution in [2.45, 2.75) is 58.5 Å². The Labute approximate surface area is 117 Å². The molecule has 4 nitrogen and oxygen atoms in total. The van der Waals surface area contributed by atoms with E-state index in [1.54, 1.807) is 0 Å². The van der Waals surface area contributed by atoms with E-state index in [4.69, 9.17) is 5.73 Å². The maximum absolute atomic E-state index is 12.8. The van der Waals surface area contributed by atoms with Crippen molar-refractivity contribution in [2.24, 2.45) is 11.1 Å². The van der Waals surface area contributed by atoms with Gasteiger partial charge in [0.1, 0.15) is 0 Å². The first-order chi connectivity index (χ1) is 9.02. The SMILES string of the molecule is CCN(CC)C1CCN(C(=O)C2(C)CCCC2N)C1. The molecule has 2 fully saturated rings. The minimum absolute atomic E-state index is 0.0486. The molecule has 1 saturated carbocycles. The lowest BCUT2D eigenvalue weighted by atomic mass is 9.83. The summed E-state index contributed by atoms with van der Waals surface area (Å²) >= 11 is 0. The molecule has 3 unspecified atom stereocenters. The van der Waals surface area contributed by atoms with Crippen LogP contribution in [0.1, 0.15) is 46.5 Å². The lowest BCUT2D eigenvalue weighted by Gasteiger charge is -2.33. The first kappa shape index (κ1) is 14.8. The molecule has 2 aliphatic rings. The number of hydrogen-bond acceptors (Lipinski definition) is 3. The Morgan fingerprint density at radius 3 is 2.58 bits per heavy atom. The van der Waals surface area contributed by atoms with Gasteiger partial charge in [-0.25, -0.2) is 0 Å². The predicted octanol–water partition coefficient (Wildman–Crippen LogP) is 1.45. The zero-order chi connectivity index (χ0) is 14.0. The summed E-state index contributed by atoms with van der Waals surface area (Å²) in [5, 5.41) is 0. The zero-order valence-electron chi connectivity index (χ0n) is 12.7. The molecule has 0 radical (unpaired) electrons. The van der Waals surface area contributed by atoms with Crippen LogP contribution in [0.4, 0.5) is 0 Å². The third kappa shape index (κ3) is 2.65. The van der Waals surface area contributed by atoms with E-state index in [9.17, 15) is 4.79 Å². The maximum Gasteiger partial charge on any atom is 0.230 e. The van der Waals surface area contributed by atoms with Gasteiger partial charge in [-0.2, -0.15) is 0 Å². The highest BCUT2D eigenvalue weighted by molar-refractivity contribution is 5.83. The number of nitrogens with zero attached hydrogens (tertiary/aromatic N) is 2. The van der Waals surface area contributed by atoms with Gasteiger partial charge in [0.05, 0.1) is 5.41 Å². The predicted molar refractivity (Wildman–Crippen MR) is 77.8 cm³/mol. The number of hydrogen-bond donors (Lipinski definition) is 1. The number of carbonyl (C=O) groups excluding carboxylic acids is 1. The van der Waals surface area contributed by atoms with Crippen LogP contribution in [-0.2, 0) is 4.79 Å². The molecule has 110 valence electrons. The zero-order valence-corrected chi connectivity index (χ0v) is 12.7. The largest absolute Gasteiger partial charge is 0.341 e. The maximum atomic E-state index is 12.8. The third-order valence-corrected chi connectivity index (χ3v) is 5.30. The van der Waals surface area contributed by atoms with Crippen LogP contribution in [0.3, 0.4) is 0 Å². The quantitative estimate of drug-likeness (QED) is 0.838. The third-order valence-electron chi connectivity index (χ3n) is 5.30. The van der Waals surface area contributed by atoms with Gasteiger partial charge in [0.15, 0.2) is 0 Å². The second-order valence-electron chi connectivity index (χ2n) is 6.33. The van der Waals surface area contributed by atoms with Crippen molar-refractivity contribution in [3.05, 3.63) is 0 Å². The topological polar surface area (TPSA) is 49.6 Å². The molecule has 19 heavy (non-hydrogen) atoms. The number of nitrogens with two attached hydrogens (primary N) is 1. The molecule has 1 amide bonds. The first-order valence-electron chi connectivity index (χ1n) is 7.82. The van der Waals surface area contributed by atoms with Crippen molar-refractivity contribution in [2.75, 3.05) is 26.2 Å². The molecule has 0 aromatic rings. The molecular weight excluding hydrogens is 238 g/mol. The van der Waals surface area contributed by atoms with Gasteiger partial charge < -0.3 is 10.6 Å². The minimum atomic E-state index is -0.307. The Balaban J connectivity index is 1.99. The molecule has 0 spiro atoms. The van der Waals surface area contributed by atoms with Crippen molar-refractivity contribution in [3.8, 4) is 0 Å². The van der Waals surface area contributed by atoms with Crippen LogP contribution < -0.4 is 5.73 Å². The standard InChI is InChI=1S/C15H29N3O/c1-4-17(5-2)12-8-10-18(11-12)14(19)15(3)9-6-7-13(15)16/h12-13H,4-11,16H2,1-3H3. The highest BCUT2D eigenvalue weighted by Crippen LogP contribution is 2.39. The van der Waals surface area contributed by atoms with Crippen molar-refractivity contribution in [1.29, 1.82) is 0 Å². The Hall–Kier alpha value is -0.610. The van der Waals surface area contributed by atoms with Crippen LogP contribution in [0.2, 0.25) is 0 Å². The van der Waals surface area contributed by atoms with E-state index in [2.05, 4.69) is 30.6 Å². The molecule has 1 saturated heterocycles. The van der Waals surface area contributed by atoms with Crippen LogP contribution >= 0.6 is 0 Å². The van der Waals surface area contributed by atoms with Crippen molar-refractivity contribution >= 4 is 5.91 Å². The fourth-order valence-electron chi connectivity index (χ4n) is 3.78. The number of amides is 1. The van der Waals surface area contributed by atoms with Gasteiger partial charge in [-0.3, -0.25) is 9.69 Å². The van der Waals surface area contributed by atoms with E-state index in [-0.39, 0.29) is 11.5 Å². The molecular formula is C15H29N3O. The second kappa shape index (κ2) is 5.80. The average molecular weight is 267 g/mol. The molecule has 2 N–H and O–H groups in total. The molecule has 0 aromatic heterocycles. The van der Waals surface area contributed by atoms with Crippen molar-refractivity contribution in [3.63, 3.8) is 0 Å². The molecule has 2 rings (SSSR count). The Morgan fingerprint density at radius 2 is 2.05 bits per heavy atom. The fourth-order valence-corrected chi connectivity index (χ4v) is 3.78. The second-order valence-corrected chi connectivity index (χ2v) is 6.33. The Bertz CT molecular complexity index is 329. The summed E-state index contributed by atoms with van der Waals surface area (Å²) in [6.45, 7) is 10.4. The molecule has 3 atom stereocenters. The van der Waals surface area contributed by atoms with Crippen LogP contribution in [0.15, 0.2) is 0 Å². The van der Waals surface area contributed by atoms with Crippen LogP contribution in [0.5, 0.6) is 0 Å². The Kier molecular flexibility index (Phi) is 4.51. The van der Waals surface area contributed by atoms with Crippen molar-refractivity contribution < 1.29 is 4.79 Å². The smallest absolute Gasteiger partial charge is 0.230 e. The summed E-state index contributed by atoms with van der Waals surface area (Å²) in [5.74, 6) is 0.298. The molecule has 1 heterocycles. The summed E-state index contributed by atoms with van der Waals surface area (Å²) in [5.41, 5.74) is 5.86. The lowest BCUT2D eigenvalue weighted by molar-refractivity contribution is -0.140. The summed E-state index contributed by atoms with van der Waals surface area (Å²) in [7, 11) is 0. The molecule has 0 aromatic carbocycles. The number of likely N-dealkylation sites (N-methyl/N-ethyl adjacent to an activating group) is 1. The fraction of sp³-hybridized carbons (Fsp3) is 0.933. The molecule has 0 bridgehead atoms. The number of likely N-dealkylation sites (tertiary alicyclic amines) is 1. The van der Waals surface area contributed by atoms with E-state index >= 15 is 0 Å². The van der Waals surface area contributed by atoms with Gasteiger partial charge in [-0.15, -0.1) is 0 Å². The summed E-state index contributed by atoms with van der Waals surface area (Å²) in [4.78, 5) is 17.3. The van der Waals surface area contributed by atoms with E-state index in [0.29, 0.717) is 11.9 Å². The monoisotopic (exact) mass is 267 g/mol. The first-order valence-corrected chi connectivity index (χ1v) is 7.82. The minimum Gasteiger partial charge on any atom is -0.341 e. The van der Waals surface area contributed by atoms with E-state index in [1.807, 2.05) is 0 Å². The highest BCUT2D eigenvalue weighted by Gasteiger charge is 2.46. The van der Waals surface area contributed by atoms with Gasteiger partial charge in [-0.1, -0.05) is 20.3 Å². The Morgan fingerprint density at radius 1 is 1.37 bits per heavy atom. The number of carbonyl (C=O) groups is 1. The number of rotatable bonds is 4. The van der Waals surface area contributed by atoms with E-state index in [1.165, 1.54) is 0 Å². The summed E-state index contributed by atoms with van der Waals surface area (Å²) < 4.78 is 0. The highest BCUT2D eigenvalue weighted by atomic mass is 16.2. The van der Waals surface area contributed by atoms with Gasteiger partial charge in [0.25, 0.3) is 0 Å². The van der Waals surface area contributed by atoms with Gasteiger partial charge >= 0.3 is 0 Å². The average Bonchev–Trinajstić information content (AvgIpc) is 3.00. The lowest BCUT2D eigenvalue weighted by Crippen LogP contribution is -2.49. The molecule has 1 aliphatic heterocycles. The van der Waals surface area contributed by atoms with Gasteiger partial charge in [-0.05, 0) is 39.3 Å². The molecule has 4 heteroatoms. The summed E-state index contributed by atoms with van der Waals surface area (Å²) in [6, 6.07) is 0.590. The summed E-state index contributed by atoms with van der Waals surface area (Å²) in [6.07, 6.45) is 4.16. The van der Waals surface area contributed by atoms with Crippen LogP contribution in [-0.4, -0.2) is 54.0 Å². The van der Waals surface area contributed by atoms with Gasteiger partial charge in [0, 0.05) is 25.2 Å². The normalized spacial score (nSPS) is 35.3. The van der Waals surface area contributed by atoms with E-state index < -0.39 is 0 Å². The van der Waals surface area contributed by atoms with Crippen LogP contribution in [0, 0.1) is 5.41 Å². The molecule has 1 aliphatic carbocycles. The van der Waals surface area contributed by atoms with E-state index in [0.717, 1.165) is 51.9 Å². The van der Waals surface area contributed by atoms with Gasteiger partial charge in [0.2, 0.25) is 5.91 Å². The van der Waals surface area contributed by atoms with Crippen molar-refractivity contribution in [1.82, 2.24) is 9.80 Å². The van der Waals surface area contributed by atoms with Crippen LogP contribution in [0.25, 0.3) is 0 Å².